The van der Waals surface area contributed by atoms with Gasteiger partial charge in [0.2, 0.25) is 0 Å². The Morgan fingerprint density at radius 1 is 1.11 bits per heavy atom. The number of nitrogens with zero attached hydrogens (tertiary/aromatic N) is 2. The van der Waals surface area contributed by atoms with Crippen molar-refractivity contribution in [3.8, 4) is 11.5 Å². The van der Waals surface area contributed by atoms with Crippen LogP contribution in [0.2, 0.25) is 0 Å². The number of hydrogen-bond acceptors (Lipinski definition) is 4. The predicted octanol–water partition coefficient (Wildman–Crippen LogP) is 4.38. The summed E-state index contributed by atoms with van der Waals surface area (Å²) in [7, 11) is 0. The van der Waals surface area contributed by atoms with E-state index >= 15 is 0 Å². The van der Waals surface area contributed by atoms with Crippen molar-refractivity contribution in [2.75, 3.05) is 5.32 Å². The summed E-state index contributed by atoms with van der Waals surface area (Å²) in [5.41, 5.74) is 1.43. The molecule has 28 heavy (non-hydrogen) atoms. The number of amides is 1. The lowest BCUT2D eigenvalue weighted by atomic mass is 10.2. The minimum Gasteiger partial charge on any atom is -0.471 e. The summed E-state index contributed by atoms with van der Waals surface area (Å²) in [5.74, 6) is -0.160. The average molecular weight is 391 g/mol. The van der Waals surface area contributed by atoms with Crippen LogP contribution in [-0.2, 0) is 6.73 Å². The van der Waals surface area contributed by atoms with E-state index in [1.54, 1.807) is 6.20 Å². The van der Waals surface area contributed by atoms with Gasteiger partial charge < -0.3 is 14.8 Å². The molecule has 0 saturated carbocycles. The van der Waals surface area contributed by atoms with Gasteiger partial charge in [-0.3, -0.25) is 4.79 Å². The number of rotatable bonds is 6. The van der Waals surface area contributed by atoms with Gasteiger partial charge in [-0.15, -0.1) is 13.2 Å². The van der Waals surface area contributed by atoms with Crippen molar-refractivity contribution in [2.45, 2.75) is 20.0 Å². The third kappa shape index (κ3) is 5.26. The molecule has 1 amide bonds. The fourth-order valence-electron chi connectivity index (χ4n) is 2.34. The first-order chi connectivity index (χ1) is 13.3. The Labute approximate surface area is 158 Å². The molecule has 0 radical (unpaired) electrons. The van der Waals surface area contributed by atoms with Crippen molar-refractivity contribution in [2.24, 2.45) is 0 Å². The summed E-state index contributed by atoms with van der Waals surface area (Å²) in [6.45, 7) is 2.05. The average Bonchev–Trinajstić information content (AvgIpc) is 3.11. The normalized spacial score (nSPS) is 11.1. The van der Waals surface area contributed by atoms with E-state index < -0.39 is 12.3 Å². The molecular weight excluding hydrogens is 375 g/mol. The van der Waals surface area contributed by atoms with Crippen LogP contribution >= 0.6 is 0 Å². The smallest absolute Gasteiger partial charge is 0.471 e. The molecule has 0 spiro atoms. The number of benzene rings is 2. The van der Waals surface area contributed by atoms with E-state index in [1.807, 2.05) is 31.2 Å². The molecule has 0 bridgehead atoms. The molecule has 0 aliphatic carbocycles. The fourth-order valence-corrected chi connectivity index (χ4v) is 2.34. The highest BCUT2D eigenvalue weighted by atomic mass is 19.4. The Bertz CT molecular complexity index is 953. The molecule has 0 atom stereocenters. The molecule has 146 valence electrons. The number of aromatic nitrogens is 2. The standard InChI is InChI=1S/C19H16F3N3O3/c1-13-4-2-3-5-17(13)27-12-25-11-10-16(24-25)18(26)23-14-6-8-15(9-7-14)28-19(20,21)22/h2-11H,12H2,1H3,(H,23,26). The van der Waals surface area contributed by atoms with Crippen LogP contribution in [0.25, 0.3) is 0 Å². The third-order valence-corrected chi connectivity index (χ3v) is 3.66. The number of carbonyl (C=O) groups is 1. The molecular formula is C19H16F3N3O3. The van der Waals surface area contributed by atoms with E-state index in [-0.39, 0.29) is 18.2 Å². The second kappa shape index (κ2) is 8.03. The van der Waals surface area contributed by atoms with Crippen molar-refractivity contribution in [1.82, 2.24) is 9.78 Å². The Morgan fingerprint density at radius 3 is 2.50 bits per heavy atom. The van der Waals surface area contributed by atoms with E-state index in [2.05, 4.69) is 15.2 Å². The van der Waals surface area contributed by atoms with Crippen LogP contribution in [0.3, 0.4) is 0 Å². The van der Waals surface area contributed by atoms with Crippen molar-refractivity contribution < 1.29 is 27.4 Å². The van der Waals surface area contributed by atoms with Gasteiger partial charge in [-0.25, -0.2) is 4.68 Å². The minimum absolute atomic E-state index is 0.127. The zero-order valence-electron chi connectivity index (χ0n) is 14.7. The number of hydrogen-bond donors (Lipinski definition) is 1. The molecule has 3 aromatic rings. The quantitative estimate of drug-likeness (QED) is 0.677. The van der Waals surface area contributed by atoms with Crippen LogP contribution in [-0.4, -0.2) is 22.1 Å². The molecule has 1 N–H and O–H groups in total. The molecule has 9 heteroatoms. The number of anilines is 1. The highest BCUT2D eigenvalue weighted by Gasteiger charge is 2.30. The number of carbonyl (C=O) groups excluding carboxylic acids is 1. The first kappa shape index (κ1) is 19.3. The van der Waals surface area contributed by atoms with Crippen molar-refractivity contribution in [1.29, 1.82) is 0 Å². The first-order valence-electron chi connectivity index (χ1n) is 8.19. The zero-order chi connectivity index (χ0) is 20.1. The number of aryl methyl sites for hydroxylation is 1. The Morgan fingerprint density at radius 2 is 1.82 bits per heavy atom. The number of alkyl halides is 3. The topological polar surface area (TPSA) is 65.4 Å². The summed E-state index contributed by atoms with van der Waals surface area (Å²) in [4.78, 5) is 12.2. The summed E-state index contributed by atoms with van der Waals surface area (Å²) in [6, 6.07) is 13.8. The van der Waals surface area contributed by atoms with Crippen LogP contribution < -0.4 is 14.8 Å². The maximum absolute atomic E-state index is 12.2. The molecule has 0 fully saturated rings. The number of ether oxygens (including phenoxy) is 2. The molecule has 2 aromatic carbocycles. The summed E-state index contributed by atoms with van der Waals surface area (Å²) in [6.07, 6.45) is -3.18. The van der Waals surface area contributed by atoms with Gasteiger partial charge in [0.05, 0.1) is 0 Å². The predicted molar refractivity (Wildman–Crippen MR) is 95.1 cm³/mol. The Kier molecular flexibility index (Phi) is 5.53. The lowest BCUT2D eigenvalue weighted by molar-refractivity contribution is -0.274. The van der Waals surface area contributed by atoms with E-state index in [4.69, 9.17) is 4.74 Å². The molecule has 3 rings (SSSR count). The maximum atomic E-state index is 12.2. The number of nitrogens with one attached hydrogen (secondary N) is 1. The van der Waals surface area contributed by atoms with Crippen LogP contribution in [0.15, 0.2) is 60.8 Å². The van der Waals surface area contributed by atoms with Gasteiger partial charge in [-0.1, -0.05) is 18.2 Å². The molecule has 0 aliphatic rings. The van der Waals surface area contributed by atoms with Gasteiger partial charge in [0, 0.05) is 11.9 Å². The summed E-state index contributed by atoms with van der Waals surface area (Å²) < 4.78 is 47.4. The van der Waals surface area contributed by atoms with Gasteiger partial charge in [0.15, 0.2) is 12.4 Å². The third-order valence-electron chi connectivity index (χ3n) is 3.66. The maximum Gasteiger partial charge on any atom is 0.573 e. The van der Waals surface area contributed by atoms with Gasteiger partial charge in [0.1, 0.15) is 11.5 Å². The molecule has 0 saturated heterocycles. The largest absolute Gasteiger partial charge is 0.573 e. The van der Waals surface area contributed by atoms with E-state index in [1.165, 1.54) is 22.9 Å². The SMILES string of the molecule is Cc1ccccc1OCn1ccc(C(=O)Nc2ccc(OC(F)(F)F)cc2)n1. The van der Waals surface area contributed by atoms with Crippen molar-refractivity contribution >= 4 is 11.6 Å². The van der Waals surface area contributed by atoms with Crippen LogP contribution in [0.4, 0.5) is 18.9 Å². The van der Waals surface area contributed by atoms with E-state index in [0.717, 1.165) is 17.7 Å². The highest BCUT2D eigenvalue weighted by Crippen LogP contribution is 2.24. The van der Waals surface area contributed by atoms with Crippen LogP contribution in [0.5, 0.6) is 11.5 Å². The zero-order valence-corrected chi connectivity index (χ0v) is 14.7. The lowest BCUT2D eigenvalue weighted by Gasteiger charge is -2.09. The van der Waals surface area contributed by atoms with Gasteiger partial charge in [-0.05, 0) is 48.9 Å². The molecule has 1 heterocycles. The molecule has 1 aromatic heterocycles. The Hall–Kier alpha value is -3.49. The molecule has 0 unspecified atom stereocenters. The second-order valence-electron chi connectivity index (χ2n) is 5.81. The number of halogens is 3. The van der Waals surface area contributed by atoms with Gasteiger partial charge >= 0.3 is 6.36 Å². The van der Waals surface area contributed by atoms with Crippen molar-refractivity contribution in [3.05, 3.63) is 72.1 Å². The fraction of sp³-hybridized carbons (Fsp3) is 0.158. The van der Waals surface area contributed by atoms with E-state index in [0.29, 0.717) is 11.4 Å². The monoisotopic (exact) mass is 391 g/mol. The number of para-hydroxylation sites is 1. The second-order valence-corrected chi connectivity index (χ2v) is 5.81. The van der Waals surface area contributed by atoms with Crippen LogP contribution in [0, 0.1) is 6.92 Å². The molecule has 0 aliphatic heterocycles. The van der Waals surface area contributed by atoms with Gasteiger partial charge in [-0.2, -0.15) is 5.10 Å². The highest BCUT2D eigenvalue weighted by molar-refractivity contribution is 6.02. The summed E-state index contributed by atoms with van der Waals surface area (Å²) >= 11 is 0. The Balaban J connectivity index is 1.57. The van der Waals surface area contributed by atoms with Crippen molar-refractivity contribution in [3.63, 3.8) is 0 Å². The van der Waals surface area contributed by atoms with E-state index in [9.17, 15) is 18.0 Å². The summed E-state index contributed by atoms with van der Waals surface area (Å²) in [5, 5.41) is 6.68. The minimum atomic E-state index is -4.77. The van der Waals surface area contributed by atoms with Crippen LogP contribution in [0.1, 0.15) is 16.1 Å². The molecule has 6 nitrogen and oxygen atoms in total. The first-order valence-corrected chi connectivity index (χ1v) is 8.19. The van der Waals surface area contributed by atoms with Gasteiger partial charge in [0.25, 0.3) is 5.91 Å². The lowest BCUT2D eigenvalue weighted by Crippen LogP contribution is -2.17.